The van der Waals surface area contributed by atoms with Crippen molar-refractivity contribution in [2.75, 3.05) is 19.0 Å². The Balaban J connectivity index is 1.95. The van der Waals surface area contributed by atoms with E-state index < -0.39 is 5.97 Å². The van der Waals surface area contributed by atoms with Crippen molar-refractivity contribution in [2.24, 2.45) is 0 Å². The van der Waals surface area contributed by atoms with Gasteiger partial charge in [0.05, 0.1) is 31.6 Å². The zero-order valence-electron chi connectivity index (χ0n) is 10.5. The van der Waals surface area contributed by atoms with Gasteiger partial charge in [-0.15, -0.1) is 0 Å². The molecule has 0 aliphatic carbocycles. The van der Waals surface area contributed by atoms with E-state index in [9.17, 15) is 4.79 Å². The number of nitrogens with zero attached hydrogens (tertiary/aromatic N) is 2. The molecule has 0 aromatic carbocycles. The summed E-state index contributed by atoms with van der Waals surface area (Å²) < 4.78 is 10.1. The van der Waals surface area contributed by atoms with Crippen LogP contribution >= 0.6 is 0 Å². The van der Waals surface area contributed by atoms with E-state index in [2.05, 4.69) is 20.0 Å². The van der Waals surface area contributed by atoms with E-state index in [1.807, 2.05) is 6.92 Å². The van der Waals surface area contributed by atoms with Crippen LogP contribution in [0.15, 0.2) is 12.4 Å². The lowest BCUT2D eigenvalue weighted by molar-refractivity contribution is 0.0593. The van der Waals surface area contributed by atoms with Crippen molar-refractivity contribution in [2.45, 2.75) is 31.9 Å². The summed E-state index contributed by atoms with van der Waals surface area (Å²) >= 11 is 0. The van der Waals surface area contributed by atoms with Gasteiger partial charge in [0.1, 0.15) is 5.82 Å². The van der Waals surface area contributed by atoms with Crippen molar-refractivity contribution in [3.05, 3.63) is 18.1 Å². The zero-order valence-corrected chi connectivity index (χ0v) is 10.5. The third-order valence-electron chi connectivity index (χ3n) is 2.94. The lowest BCUT2D eigenvalue weighted by Crippen LogP contribution is -2.30. The van der Waals surface area contributed by atoms with Gasteiger partial charge in [-0.25, -0.2) is 14.8 Å². The van der Waals surface area contributed by atoms with E-state index >= 15 is 0 Å². The van der Waals surface area contributed by atoms with Crippen LogP contribution in [0.2, 0.25) is 0 Å². The number of carbonyl (C=O) groups excluding carboxylic acids is 1. The lowest BCUT2D eigenvalue weighted by atomic mass is 10.1. The smallest absolute Gasteiger partial charge is 0.358 e. The van der Waals surface area contributed by atoms with E-state index in [1.165, 1.54) is 19.5 Å². The van der Waals surface area contributed by atoms with Crippen LogP contribution in [0.3, 0.4) is 0 Å². The number of hydrogen-bond acceptors (Lipinski definition) is 6. The van der Waals surface area contributed by atoms with Crippen molar-refractivity contribution in [3.63, 3.8) is 0 Å². The Morgan fingerprint density at radius 3 is 2.94 bits per heavy atom. The first-order chi connectivity index (χ1) is 8.70. The van der Waals surface area contributed by atoms with Gasteiger partial charge in [-0.1, -0.05) is 0 Å². The minimum Gasteiger partial charge on any atom is -0.464 e. The van der Waals surface area contributed by atoms with Crippen LogP contribution in [0.25, 0.3) is 0 Å². The highest BCUT2D eigenvalue weighted by Gasteiger charge is 2.22. The monoisotopic (exact) mass is 251 g/mol. The fraction of sp³-hybridized carbons (Fsp3) is 0.583. The SMILES string of the molecule is COC(=O)c1cnc(NC(C)C2CCCO2)cn1. The van der Waals surface area contributed by atoms with Crippen molar-refractivity contribution in [3.8, 4) is 0 Å². The molecule has 1 aliphatic heterocycles. The quantitative estimate of drug-likeness (QED) is 0.812. The van der Waals surface area contributed by atoms with Crippen LogP contribution in [0, 0.1) is 0 Å². The molecule has 6 heteroatoms. The van der Waals surface area contributed by atoms with Crippen LogP contribution in [0.5, 0.6) is 0 Å². The van der Waals surface area contributed by atoms with Crippen LogP contribution in [-0.2, 0) is 9.47 Å². The number of hydrogen-bond donors (Lipinski definition) is 1. The third kappa shape index (κ3) is 2.95. The Bertz CT molecular complexity index is 402. The Labute approximate surface area is 106 Å². The Hall–Kier alpha value is -1.69. The van der Waals surface area contributed by atoms with Crippen LogP contribution in [0.4, 0.5) is 5.82 Å². The maximum absolute atomic E-state index is 11.2. The highest BCUT2D eigenvalue weighted by atomic mass is 16.5. The van der Waals surface area contributed by atoms with Crippen molar-refractivity contribution in [1.82, 2.24) is 9.97 Å². The fourth-order valence-electron chi connectivity index (χ4n) is 1.94. The summed E-state index contributed by atoms with van der Waals surface area (Å²) in [4.78, 5) is 19.3. The molecule has 1 fully saturated rings. The second kappa shape index (κ2) is 5.77. The van der Waals surface area contributed by atoms with Gasteiger partial charge in [0.2, 0.25) is 0 Å². The largest absolute Gasteiger partial charge is 0.464 e. The van der Waals surface area contributed by atoms with Crippen molar-refractivity contribution >= 4 is 11.8 Å². The highest BCUT2D eigenvalue weighted by molar-refractivity contribution is 5.86. The topological polar surface area (TPSA) is 73.3 Å². The van der Waals surface area contributed by atoms with Gasteiger partial charge in [0.25, 0.3) is 0 Å². The number of anilines is 1. The number of ether oxygens (including phenoxy) is 2. The molecular weight excluding hydrogens is 234 g/mol. The highest BCUT2D eigenvalue weighted by Crippen LogP contribution is 2.17. The Kier molecular flexibility index (Phi) is 4.09. The number of methoxy groups -OCH3 is 1. The van der Waals surface area contributed by atoms with Crippen LogP contribution in [0.1, 0.15) is 30.3 Å². The molecule has 0 radical (unpaired) electrons. The maximum Gasteiger partial charge on any atom is 0.358 e. The summed E-state index contributed by atoms with van der Waals surface area (Å²) in [5.41, 5.74) is 0.202. The van der Waals surface area contributed by atoms with Crippen molar-refractivity contribution in [1.29, 1.82) is 0 Å². The van der Waals surface area contributed by atoms with Gasteiger partial charge in [-0.2, -0.15) is 0 Å². The van der Waals surface area contributed by atoms with E-state index in [4.69, 9.17) is 4.74 Å². The lowest BCUT2D eigenvalue weighted by Gasteiger charge is -2.20. The first-order valence-corrected chi connectivity index (χ1v) is 5.99. The normalized spacial score (nSPS) is 20.4. The molecule has 2 heterocycles. The molecule has 2 atom stereocenters. The number of aromatic nitrogens is 2. The summed E-state index contributed by atoms with van der Waals surface area (Å²) in [6.45, 7) is 2.87. The fourth-order valence-corrected chi connectivity index (χ4v) is 1.94. The van der Waals surface area contributed by atoms with Crippen molar-refractivity contribution < 1.29 is 14.3 Å². The molecule has 2 unspecified atom stereocenters. The summed E-state index contributed by atoms with van der Waals surface area (Å²) in [6, 6.07) is 0.172. The number of rotatable bonds is 4. The number of carbonyl (C=O) groups is 1. The van der Waals surface area contributed by atoms with Gasteiger partial charge in [-0.05, 0) is 19.8 Å². The molecule has 1 N–H and O–H groups in total. The first-order valence-electron chi connectivity index (χ1n) is 5.99. The molecule has 0 spiro atoms. The summed E-state index contributed by atoms with van der Waals surface area (Å²) in [5, 5.41) is 3.22. The Morgan fingerprint density at radius 1 is 1.56 bits per heavy atom. The third-order valence-corrected chi connectivity index (χ3v) is 2.94. The average Bonchev–Trinajstić information content (AvgIpc) is 2.92. The average molecular weight is 251 g/mol. The van der Waals surface area contributed by atoms with Gasteiger partial charge in [-0.3, -0.25) is 0 Å². The second-order valence-corrected chi connectivity index (χ2v) is 4.26. The molecule has 2 rings (SSSR count). The minimum atomic E-state index is -0.485. The number of nitrogens with one attached hydrogen (secondary N) is 1. The molecular formula is C12H17N3O3. The summed E-state index contributed by atoms with van der Waals surface area (Å²) in [7, 11) is 1.32. The molecule has 6 nitrogen and oxygen atoms in total. The van der Waals surface area contributed by atoms with E-state index in [1.54, 1.807) is 0 Å². The maximum atomic E-state index is 11.2. The van der Waals surface area contributed by atoms with E-state index in [0.29, 0.717) is 5.82 Å². The predicted octanol–water partition coefficient (Wildman–Crippen LogP) is 1.24. The standard InChI is InChI=1S/C12H17N3O3/c1-8(10-4-3-5-18-10)15-11-7-13-9(6-14-11)12(16)17-2/h6-8,10H,3-5H2,1-2H3,(H,14,15). The predicted molar refractivity (Wildman–Crippen MR) is 65.4 cm³/mol. The van der Waals surface area contributed by atoms with Gasteiger partial charge in [0.15, 0.2) is 5.69 Å². The van der Waals surface area contributed by atoms with Gasteiger partial charge >= 0.3 is 5.97 Å². The molecule has 1 aromatic heterocycles. The molecule has 18 heavy (non-hydrogen) atoms. The number of esters is 1. The summed E-state index contributed by atoms with van der Waals surface area (Å²) in [6.07, 6.45) is 5.30. The van der Waals surface area contributed by atoms with Gasteiger partial charge < -0.3 is 14.8 Å². The molecule has 1 aliphatic rings. The molecule has 0 bridgehead atoms. The first kappa shape index (κ1) is 12.8. The summed E-state index contributed by atoms with van der Waals surface area (Å²) in [5.74, 6) is 0.145. The zero-order chi connectivity index (χ0) is 13.0. The van der Waals surface area contributed by atoms with E-state index in [-0.39, 0.29) is 17.8 Å². The molecule has 0 amide bonds. The minimum absolute atomic E-state index is 0.172. The molecule has 0 saturated carbocycles. The van der Waals surface area contributed by atoms with E-state index in [0.717, 1.165) is 19.4 Å². The molecule has 1 saturated heterocycles. The Morgan fingerprint density at radius 2 is 2.39 bits per heavy atom. The molecule has 1 aromatic rings. The van der Waals surface area contributed by atoms with Crippen LogP contribution < -0.4 is 5.32 Å². The second-order valence-electron chi connectivity index (χ2n) is 4.26. The van der Waals surface area contributed by atoms with Gasteiger partial charge in [0, 0.05) is 6.61 Å². The van der Waals surface area contributed by atoms with Crippen LogP contribution in [-0.4, -0.2) is 41.8 Å². The molecule has 98 valence electrons.